The van der Waals surface area contributed by atoms with Crippen molar-refractivity contribution in [3.8, 4) is 0 Å². The molecule has 1 rings (SSSR count). The van der Waals surface area contributed by atoms with E-state index in [0.29, 0.717) is 0 Å². The molecule has 1 N–H and O–H groups in total. The van der Waals surface area contributed by atoms with Gasteiger partial charge >= 0.3 is 5.97 Å². The average molecular weight is 149 g/mol. The molecule has 0 aliphatic rings. The van der Waals surface area contributed by atoms with E-state index in [1.807, 2.05) is 6.07 Å². The van der Waals surface area contributed by atoms with Gasteiger partial charge in [-0.15, -0.1) is 0 Å². The highest BCUT2D eigenvalue weighted by Crippen LogP contribution is 1.99. The zero-order valence-corrected chi connectivity index (χ0v) is 5.82. The van der Waals surface area contributed by atoms with Crippen LogP contribution < -0.4 is 0 Å². The minimum absolute atomic E-state index is 0.402. The fraction of sp³-hybridized carbons (Fsp3) is 0. The third-order valence-corrected chi connectivity index (χ3v) is 1.16. The van der Waals surface area contributed by atoms with Crippen molar-refractivity contribution in [2.75, 3.05) is 0 Å². The Morgan fingerprint density at radius 2 is 2.09 bits per heavy atom. The Morgan fingerprint density at radius 3 is 2.64 bits per heavy atom. The summed E-state index contributed by atoms with van der Waals surface area (Å²) < 4.78 is 7.03. The fourth-order valence-electron chi connectivity index (χ4n) is 0.694. The van der Waals surface area contributed by atoms with Crippen molar-refractivity contribution < 1.29 is 11.3 Å². The first kappa shape index (κ1) is 6.16. The SMILES string of the molecule is [2H]C(=Cc1ccccc1)C(=O)O. The lowest BCUT2D eigenvalue weighted by atomic mass is 10.2. The summed E-state index contributed by atoms with van der Waals surface area (Å²) in [5.74, 6) is -1.21. The lowest BCUT2D eigenvalue weighted by Gasteiger charge is -1.87. The molecule has 2 heteroatoms. The molecule has 0 aliphatic carbocycles. The van der Waals surface area contributed by atoms with Crippen LogP contribution in [0.1, 0.15) is 6.93 Å². The zero-order valence-electron chi connectivity index (χ0n) is 6.82. The van der Waals surface area contributed by atoms with E-state index >= 15 is 0 Å². The molecule has 0 heterocycles. The van der Waals surface area contributed by atoms with Crippen molar-refractivity contribution in [3.05, 3.63) is 41.9 Å². The van der Waals surface area contributed by atoms with Crippen LogP contribution in [0.2, 0.25) is 0 Å². The summed E-state index contributed by atoms with van der Waals surface area (Å²) in [5, 5.41) is 8.39. The first-order valence-corrected chi connectivity index (χ1v) is 3.17. The van der Waals surface area contributed by atoms with Crippen LogP contribution in [0.4, 0.5) is 0 Å². The van der Waals surface area contributed by atoms with Crippen molar-refractivity contribution in [2.24, 2.45) is 0 Å². The van der Waals surface area contributed by atoms with Gasteiger partial charge in [0, 0.05) is 6.05 Å². The van der Waals surface area contributed by atoms with Gasteiger partial charge in [-0.1, -0.05) is 30.3 Å². The number of hydrogen-bond acceptors (Lipinski definition) is 1. The van der Waals surface area contributed by atoms with E-state index in [1.54, 1.807) is 24.3 Å². The van der Waals surface area contributed by atoms with Crippen molar-refractivity contribution in [2.45, 2.75) is 0 Å². The maximum atomic E-state index is 10.2. The second-order valence-corrected chi connectivity index (χ2v) is 2.00. The molecule has 0 amide bonds. The molecule has 1 aromatic rings. The number of aliphatic carboxylic acids is 1. The molecule has 0 aromatic heterocycles. The number of benzene rings is 1. The van der Waals surface area contributed by atoms with Crippen LogP contribution in [0.15, 0.2) is 36.4 Å². The highest BCUT2D eigenvalue weighted by atomic mass is 16.4. The Kier molecular flexibility index (Phi) is 1.99. The third-order valence-electron chi connectivity index (χ3n) is 1.16. The molecule has 0 spiro atoms. The van der Waals surface area contributed by atoms with Crippen LogP contribution in [-0.4, -0.2) is 11.1 Å². The molecule has 0 saturated carbocycles. The van der Waals surface area contributed by atoms with E-state index in [1.165, 1.54) is 6.08 Å². The molecule has 11 heavy (non-hydrogen) atoms. The van der Waals surface area contributed by atoms with Crippen LogP contribution in [0.5, 0.6) is 0 Å². The fourth-order valence-corrected chi connectivity index (χ4v) is 0.694. The third kappa shape index (κ3) is 2.67. The predicted molar refractivity (Wildman–Crippen MR) is 43.1 cm³/mol. The highest BCUT2D eigenvalue weighted by Gasteiger charge is 1.85. The summed E-state index contributed by atoms with van der Waals surface area (Å²) in [5.41, 5.74) is 0.727. The van der Waals surface area contributed by atoms with E-state index in [0.717, 1.165) is 5.56 Å². The summed E-state index contributed by atoms with van der Waals surface area (Å²) in [6.07, 6.45) is 1.31. The zero-order chi connectivity index (χ0) is 8.97. The van der Waals surface area contributed by atoms with Crippen molar-refractivity contribution in [1.29, 1.82) is 0 Å². The molecule has 0 bridgehead atoms. The van der Waals surface area contributed by atoms with Crippen LogP contribution in [-0.2, 0) is 4.79 Å². The van der Waals surface area contributed by atoms with Gasteiger partial charge in [0.1, 0.15) is 0 Å². The van der Waals surface area contributed by atoms with Gasteiger partial charge in [0.15, 0.2) is 0 Å². The first-order chi connectivity index (χ1) is 5.70. The molecule has 0 saturated heterocycles. The summed E-state index contributed by atoms with van der Waals surface area (Å²) >= 11 is 0. The second kappa shape index (κ2) is 3.56. The molecule has 0 fully saturated rings. The summed E-state index contributed by atoms with van der Waals surface area (Å²) in [4.78, 5) is 10.2. The van der Waals surface area contributed by atoms with E-state index in [-0.39, 0.29) is 0 Å². The van der Waals surface area contributed by atoms with Crippen LogP contribution >= 0.6 is 0 Å². The van der Waals surface area contributed by atoms with Gasteiger partial charge in [-0.2, -0.15) is 0 Å². The van der Waals surface area contributed by atoms with Gasteiger partial charge in [0.05, 0.1) is 1.37 Å². The monoisotopic (exact) mass is 149 g/mol. The maximum absolute atomic E-state index is 10.2. The first-order valence-electron chi connectivity index (χ1n) is 3.67. The second-order valence-electron chi connectivity index (χ2n) is 2.00. The maximum Gasteiger partial charge on any atom is 0.328 e. The Bertz CT molecular complexity index is 304. The van der Waals surface area contributed by atoms with Crippen LogP contribution in [0, 0.1) is 0 Å². The minimum Gasteiger partial charge on any atom is -0.478 e. The lowest BCUT2D eigenvalue weighted by Crippen LogP contribution is -1.85. The summed E-state index contributed by atoms with van der Waals surface area (Å²) in [7, 11) is 0. The van der Waals surface area contributed by atoms with Crippen molar-refractivity contribution in [1.82, 2.24) is 0 Å². The molecule has 1 aromatic carbocycles. The standard InChI is InChI=1S/C9H8O2/c10-9(11)7-6-8-4-2-1-3-5-8/h1-7H,(H,10,11)/i7D. The Balaban J connectivity index is 2.89. The van der Waals surface area contributed by atoms with E-state index in [2.05, 4.69) is 0 Å². The highest BCUT2D eigenvalue weighted by molar-refractivity contribution is 5.85. The van der Waals surface area contributed by atoms with Crippen LogP contribution in [0.25, 0.3) is 6.08 Å². The summed E-state index contributed by atoms with van der Waals surface area (Å²) in [6.45, 7) is 0. The van der Waals surface area contributed by atoms with Gasteiger partial charge < -0.3 is 5.11 Å². The van der Waals surface area contributed by atoms with E-state index in [9.17, 15) is 4.79 Å². The molecule has 56 valence electrons. The molecule has 0 aliphatic heterocycles. The molecular formula is C9H8O2. The van der Waals surface area contributed by atoms with Gasteiger partial charge in [-0.05, 0) is 11.6 Å². The summed E-state index contributed by atoms with van der Waals surface area (Å²) in [6, 6.07) is 8.51. The van der Waals surface area contributed by atoms with Crippen molar-refractivity contribution in [3.63, 3.8) is 0 Å². The number of carboxylic acid groups (broad SMARTS) is 1. The number of hydrogen-bond donors (Lipinski definition) is 1. The largest absolute Gasteiger partial charge is 0.478 e. The number of rotatable bonds is 2. The Hall–Kier alpha value is -1.57. The molecule has 2 nitrogen and oxygen atoms in total. The average Bonchev–Trinajstić information content (AvgIpc) is 2.06. The smallest absolute Gasteiger partial charge is 0.328 e. The molecular weight excluding hydrogens is 140 g/mol. The predicted octanol–water partition coefficient (Wildman–Crippen LogP) is 1.78. The van der Waals surface area contributed by atoms with Crippen LogP contribution in [0.3, 0.4) is 0 Å². The molecule has 0 unspecified atom stereocenters. The minimum atomic E-state index is -1.21. The lowest BCUT2D eigenvalue weighted by molar-refractivity contribution is -0.131. The van der Waals surface area contributed by atoms with Gasteiger partial charge in [-0.3, -0.25) is 0 Å². The Labute approximate surface area is 66.2 Å². The number of carbonyl (C=O) groups is 1. The van der Waals surface area contributed by atoms with Gasteiger partial charge in [-0.25, -0.2) is 4.79 Å². The van der Waals surface area contributed by atoms with Gasteiger partial charge in [0.25, 0.3) is 0 Å². The van der Waals surface area contributed by atoms with E-state index < -0.39 is 12.0 Å². The topological polar surface area (TPSA) is 37.3 Å². The van der Waals surface area contributed by atoms with Gasteiger partial charge in [0.2, 0.25) is 0 Å². The molecule has 0 atom stereocenters. The van der Waals surface area contributed by atoms with Crippen molar-refractivity contribution >= 4 is 12.0 Å². The van der Waals surface area contributed by atoms with E-state index in [4.69, 9.17) is 6.48 Å². The molecule has 0 radical (unpaired) electrons. The number of carboxylic acids is 1. The normalized spacial score (nSPS) is 12.4. The Morgan fingerprint density at radius 1 is 1.45 bits per heavy atom. The quantitative estimate of drug-likeness (QED) is 0.651.